The second-order valence-electron chi connectivity index (χ2n) is 5.39. The molecule has 0 atom stereocenters. The van der Waals surface area contributed by atoms with E-state index in [2.05, 4.69) is 9.71 Å². The summed E-state index contributed by atoms with van der Waals surface area (Å²) in [7, 11) is -1.23. The van der Waals surface area contributed by atoms with Crippen molar-refractivity contribution in [3.05, 3.63) is 53.9 Å². The number of aliphatic carboxylic acids is 1. The van der Waals surface area contributed by atoms with E-state index in [9.17, 15) is 13.2 Å². The standard InChI is InChI=1S/C18H20N2O6S/c1-25-15-11-13(6-7-17(21)22)12-16(18(15)26-2)27(23,24)20-10-8-14-5-3-4-9-19-14/h3-7,9,11-12,20H,8,10H2,1-2H3,(H,21,22)/b7-6-. The Kier molecular flexibility index (Phi) is 6.91. The van der Waals surface area contributed by atoms with E-state index in [1.165, 1.54) is 32.4 Å². The minimum absolute atomic E-state index is 0.0373. The molecule has 144 valence electrons. The summed E-state index contributed by atoms with van der Waals surface area (Å²) in [5, 5.41) is 8.78. The molecule has 2 aromatic rings. The lowest BCUT2D eigenvalue weighted by Gasteiger charge is -2.15. The largest absolute Gasteiger partial charge is 0.493 e. The molecule has 0 saturated carbocycles. The Morgan fingerprint density at radius 2 is 2.04 bits per heavy atom. The number of carboxylic acids is 1. The Morgan fingerprint density at radius 3 is 2.63 bits per heavy atom. The van der Waals surface area contributed by atoms with Crippen molar-refractivity contribution in [2.75, 3.05) is 20.8 Å². The molecule has 0 saturated heterocycles. The molecule has 27 heavy (non-hydrogen) atoms. The number of nitrogens with zero attached hydrogens (tertiary/aromatic N) is 1. The Morgan fingerprint density at radius 1 is 1.26 bits per heavy atom. The van der Waals surface area contributed by atoms with Crippen LogP contribution in [0.3, 0.4) is 0 Å². The molecule has 0 radical (unpaired) electrons. The zero-order valence-electron chi connectivity index (χ0n) is 14.9. The molecule has 0 unspecified atom stereocenters. The summed E-state index contributed by atoms with van der Waals surface area (Å²) in [6, 6.07) is 8.22. The fraction of sp³-hybridized carbons (Fsp3) is 0.222. The van der Waals surface area contributed by atoms with Gasteiger partial charge in [0.25, 0.3) is 0 Å². The fourth-order valence-electron chi connectivity index (χ4n) is 2.35. The molecule has 1 aromatic carbocycles. The van der Waals surface area contributed by atoms with Gasteiger partial charge in [0.2, 0.25) is 10.0 Å². The van der Waals surface area contributed by atoms with Crippen molar-refractivity contribution < 1.29 is 27.8 Å². The SMILES string of the molecule is COc1cc(/C=C\C(=O)O)cc(S(=O)(=O)NCCc2ccccn2)c1OC. The van der Waals surface area contributed by atoms with Crippen LogP contribution in [0.25, 0.3) is 6.08 Å². The number of carbonyl (C=O) groups is 1. The topological polar surface area (TPSA) is 115 Å². The van der Waals surface area contributed by atoms with Gasteiger partial charge in [0.15, 0.2) is 11.5 Å². The van der Waals surface area contributed by atoms with Crippen LogP contribution >= 0.6 is 0 Å². The molecule has 0 aliphatic rings. The molecule has 1 heterocycles. The number of sulfonamides is 1. The molecular formula is C18H20N2O6S. The summed E-state index contributed by atoms with van der Waals surface area (Å²) in [4.78, 5) is 14.7. The highest BCUT2D eigenvalue weighted by atomic mass is 32.2. The summed E-state index contributed by atoms with van der Waals surface area (Å²) >= 11 is 0. The zero-order valence-corrected chi connectivity index (χ0v) is 15.7. The van der Waals surface area contributed by atoms with Crippen LogP contribution in [0, 0.1) is 0 Å². The number of nitrogens with one attached hydrogen (secondary N) is 1. The first-order valence-electron chi connectivity index (χ1n) is 7.94. The number of hydrogen-bond donors (Lipinski definition) is 2. The summed E-state index contributed by atoms with van der Waals surface area (Å²) in [6.07, 6.45) is 4.23. The summed E-state index contributed by atoms with van der Waals surface area (Å²) < 4.78 is 38.4. The molecule has 1 aromatic heterocycles. The lowest BCUT2D eigenvalue weighted by molar-refractivity contribution is -0.131. The number of ether oxygens (including phenoxy) is 2. The molecule has 2 rings (SSSR count). The molecule has 0 bridgehead atoms. The highest BCUT2D eigenvalue weighted by Gasteiger charge is 2.23. The molecule has 0 aliphatic heterocycles. The third-order valence-electron chi connectivity index (χ3n) is 3.57. The second kappa shape index (κ2) is 9.15. The number of carboxylic acid groups (broad SMARTS) is 1. The van der Waals surface area contributed by atoms with Crippen LogP contribution in [-0.4, -0.2) is 45.2 Å². The predicted molar refractivity (Wildman–Crippen MR) is 99.3 cm³/mol. The van der Waals surface area contributed by atoms with Crippen molar-refractivity contribution in [1.29, 1.82) is 0 Å². The van der Waals surface area contributed by atoms with Crippen molar-refractivity contribution in [3.63, 3.8) is 0 Å². The Bertz CT molecular complexity index is 926. The van der Waals surface area contributed by atoms with Crippen molar-refractivity contribution in [2.24, 2.45) is 0 Å². The van der Waals surface area contributed by atoms with Crippen molar-refractivity contribution in [3.8, 4) is 11.5 Å². The van der Waals surface area contributed by atoms with E-state index in [4.69, 9.17) is 14.6 Å². The van der Waals surface area contributed by atoms with Crippen LogP contribution in [-0.2, 0) is 21.2 Å². The van der Waals surface area contributed by atoms with Gasteiger partial charge in [-0.25, -0.2) is 17.9 Å². The average Bonchev–Trinajstić information content (AvgIpc) is 2.66. The van der Waals surface area contributed by atoms with Crippen molar-refractivity contribution in [1.82, 2.24) is 9.71 Å². The highest BCUT2D eigenvalue weighted by Crippen LogP contribution is 2.36. The molecule has 2 N–H and O–H groups in total. The van der Waals surface area contributed by atoms with E-state index in [-0.39, 0.29) is 22.9 Å². The van der Waals surface area contributed by atoms with Crippen molar-refractivity contribution >= 4 is 22.1 Å². The lowest BCUT2D eigenvalue weighted by atomic mass is 10.2. The van der Waals surface area contributed by atoms with E-state index in [1.54, 1.807) is 18.3 Å². The maximum absolute atomic E-state index is 12.8. The van der Waals surface area contributed by atoms with E-state index in [1.807, 2.05) is 6.07 Å². The predicted octanol–water partition coefficient (Wildman–Crippen LogP) is 1.72. The van der Waals surface area contributed by atoms with Gasteiger partial charge in [0.05, 0.1) is 14.2 Å². The Labute approximate surface area is 157 Å². The molecule has 9 heteroatoms. The van der Waals surface area contributed by atoms with E-state index in [0.29, 0.717) is 12.0 Å². The molecule has 0 fully saturated rings. The van der Waals surface area contributed by atoms with Gasteiger partial charge in [0.1, 0.15) is 4.90 Å². The fourth-order valence-corrected chi connectivity index (χ4v) is 3.60. The van der Waals surface area contributed by atoms with E-state index < -0.39 is 16.0 Å². The minimum Gasteiger partial charge on any atom is -0.493 e. The number of pyridine rings is 1. The smallest absolute Gasteiger partial charge is 0.328 e. The van der Waals surface area contributed by atoms with Crippen molar-refractivity contribution in [2.45, 2.75) is 11.3 Å². The first-order chi connectivity index (χ1) is 12.9. The molecule has 0 spiro atoms. The van der Waals surface area contributed by atoms with Gasteiger partial charge in [-0.3, -0.25) is 4.98 Å². The first-order valence-corrected chi connectivity index (χ1v) is 9.42. The summed E-state index contributed by atoms with van der Waals surface area (Å²) in [5.41, 5.74) is 1.10. The lowest BCUT2D eigenvalue weighted by Crippen LogP contribution is -2.26. The quantitative estimate of drug-likeness (QED) is 0.624. The Balaban J connectivity index is 2.32. The van der Waals surface area contributed by atoms with Crippen LogP contribution in [0.15, 0.2) is 47.5 Å². The molecule has 0 aliphatic carbocycles. The van der Waals surface area contributed by atoms with Gasteiger partial charge in [-0.1, -0.05) is 6.07 Å². The van der Waals surface area contributed by atoms with Gasteiger partial charge in [0, 0.05) is 30.9 Å². The summed E-state index contributed by atoms with van der Waals surface area (Å²) in [6.45, 7) is 0.139. The van der Waals surface area contributed by atoms with Gasteiger partial charge >= 0.3 is 5.97 Å². The maximum Gasteiger partial charge on any atom is 0.328 e. The molecule has 0 amide bonds. The Hall–Kier alpha value is -2.91. The number of methoxy groups -OCH3 is 2. The van der Waals surface area contributed by atoms with Crippen LogP contribution in [0.5, 0.6) is 11.5 Å². The zero-order chi connectivity index (χ0) is 19.9. The van der Waals surface area contributed by atoms with Crippen LogP contribution in [0.4, 0.5) is 0 Å². The first kappa shape index (κ1) is 20.4. The van der Waals surface area contributed by atoms with Gasteiger partial charge in [-0.2, -0.15) is 0 Å². The van der Waals surface area contributed by atoms with Crippen LogP contribution in [0.2, 0.25) is 0 Å². The number of rotatable bonds is 9. The average molecular weight is 392 g/mol. The van der Waals surface area contributed by atoms with Gasteiger partial charge in [-0.05, 0) is 35.9 Å². The monoisotopic (exact) mass is 392 g/mol. The van der Waals surface area contributed by atoms with Gasteiger partial charge in [-0.15, -0.1) is 0 Å². The third kappa shape index (κ3) is 5.53. The van der Waals surface area contributed by atoms with E-state index >= 15 is 0 Å². The minimum atomic E-state index is -3.93. The van der Waals surface area contributed by atoms with E-state index in [0.717, 1.165) is 11.8 Å². The maximum atomic E-state index is 12.8. The van der Waals surface area contributed by atoms with Crippen LogP contribution < -0.4 is 14.2 Å². The molecule has 8 nitrogen and oxygen atoms in total. The number of benzene rings is 1. The number of hydrogen-bond acceptors (Lipinski definition) is 6. The normalized spacial score (nSPS) is 11.5. The van der Waals surface area contributed by atoms with Crippen LogP contribution in [0.1, 0.15) is 11.3 Å². The number of aromatic nitrogens is 1. The second-order valence-corrected chi connectivity index (χ2v) is 7.13. The summed E-state index contributed by atoms with van der Waals surface area (Å²) in [5.74, 6) is -0.937. The highest BCUT2D eigenvalue weighted by molar-refractivity contribution is 7.89. The third-order valence-corrected chi connectivity index (χ3v) is 5.04. The van der Waals surface area contributed by atoms with Gasteiger partial charge < -0.3 is 14.6 Å². The molecular weight excluding hydrogens is 372 g/mol.